The third kappa shape index (κ3) is 5.02. The Morgan fingerprint density at radius 2 is 1.81 bits per heavy atom. The molecule has 0 unspecified atom stereocenters. The van der Waals surface area contributed by atoms with Gasteiger partial charge in [0.15, 0.2) is 0 Å². The monoisotopic (exact) mass is 288 g/mol. The molecule has 1 heterocycles. The van der Waals surface area contributed by atoms with Gasteiger partial charge in [-0.1, -0.05) is 32.0 Å². The fraction of sp³-hybridized carbons (Fsp3) is 0.375. The van der Waals surface area contributed by atoms with E-state index in [4.69, 9.17) is 0 Å². The molecule has 112 valence electrons. The van der Waals surface area contributed by atoms with Gasteiger partial charge in [0.1, 0.15) is 23.8 Å². The van der Waals surface area contributed by atoms with Gasteiger partial charge in [0.2, 0.25) is 0 Å². The number of nitrogens with zero attached hydrogens (tertiary/aromatic N) is 2. The maximum absolute atomic E-state index is 13.5. The first kappa shape index (κ1) is 15.2. The molecule has 1 aromatic carbocycles. The van der Waals surface area contributed by atoms with Crippen LogP contribution in [0.1, 0.15) is 19.4 Å². The van der Waals surface area contributed by atoms with E-state index in [2.05, 4.69) is 34.4 Å². The number of anilines is 2. The van der Waals surface area contributed by atoms with Gasteiger partial charge in [-0.25, -0.2) is 14.4 Å². The molecule has 0 amide bonds. The first-order chi connectivity index (χ1) is 10.1. The normalized spacial score (nSPS) is 10.7. The highest BCUT2D eigenvalue weighted by molar-refractivity contribution is 5.46. The van der Waals surface area contributed by atoms with Crippen molar-refractivity contribution in [1.29, 1.82) is 0 Å². The Labute approximate surface area is 124 Å². The summed E-state index contributed by atoms with van der Waals surface area (Å²) in [5, 5.41) is 6.44. The Hall–Kier alpha value is -2.17. The van der Waals surface area contributed by atoms with Crippen molar-refractivity contribution in [1.82, 2.24) is 9.97 Å². The number of halogens is 1. The van der Waals surface area contributed by atoms with Crippen LogP contribution in [0, 0.1) is 11.7 Å². The van der Waals surface area contributed by atoms with Crippen molar-refractivity contribution in [2.45, 2.75) is 20.3 Å². The summed E-state index contributed by atoms with van der Waals surface area (Å²) in [6, 6.07) is 8.69. The van der Waals surface area contributed by atoms with Gasteiger partial charge in [0.25, 0.3) is 0 Å². The lowest BCUT2D eigenvalue weighted by atomic mass is 10.1. The van der Waals surface area contributed by atoms with Gasteiger partial charge in [-0.3, -0.25) is 0 Å². The summed E-state index contributed by atoms with van der Waals surface area (Å²) in [5.74, 6) is 1.93. The molecule has 2 N–H and O–H groups in total. The van der Waals surface area contributed by atoms with Gasteiger partial charge in [-0.2, -0.15) is 0 Å². The predicted octanol–water partition coefficient (Wildman–Crippen LogP) is 3.34. The largest absolute Gasteiger partial charge is 0.370 e. The molecule has 0 bridgehead atoms. The van der Waals surface area contributed by atoms with Crippen LogP contribution >= 0.6 is 0 Å². The minimum atomic E-state index is -0.165. The zero-order chi connectivity index (χ0) is 15.1. The first-order valence-electron chi connectivity index (χ1n) is 7.18. The first-order valence-corrected chi connectivity index (χ1v) is 7.18. The quantitative estimate of drug-likeness (QED) is 0.820. The van der Waals surface area contributed by atoms with Gasteiger partial charge in [0.05, 0.1) is 0 Å². The Morgan fingerprint density at radius 3 is 2.52 bits per heavy atom. The Balaban J connectivity index is 1.86. The van der Waals surface area contributed by atoms with Crippen molar-refractivity contribution in [3.8, 4) is 0 Å². The summed E-state index contributed by atoms with van der Waals surface area (Å²) in [5.41, 5.74) is 0.706. The van der Waals surface area contributed by atoms with Crippen LogP contribution in [-0.4, -0.2) is 23.1 Å². The van der Waals surface area contributed by atoms with E-state index in [0.717, 1.165) is 18.2 Å². The number of aromatic nitrogens is 2. The average molecular weight is 288 g/mol. The molecule has 0 aliphatic rings. The predicted molar refractivity (Wildman–Crippen MR) is 84.0 cm³/mol. The molecule has 0 aliphatic carbocycles. The van der Waals surface area contributed by atoms with Gasteiger partial charge in [0, 0.05) is 19.2 Å². The summed E-state index contributed by atoms with van der Waals surface area (Å²) in [6.07, 6.45) is 2.14. The summed E-state index contributed by atoms with van der Waals surface area (Å²) in [6.45, 7) is 5.77. The Kier molecular flexibility index (Phi) is 5.49. The molecule has 0 fully saturated rings. The molecule has 1 aromatic heterocycles. The SMILES string of the molecule is CC(C)CNc1cc(NCCc2ccccc2F)ncn1. The molecule has 0 saturated heterocycles. The second-order valence-electron chi connectivity index (χ2n) is 5.33. The van der Waals surface area contributed by atoms with E-state index in [1.54, 1.807) is 12.1 Å². The van der Waals surface area contributed by atoms with E-state index >= 15 is 0 Å². The third-order valence-corrected chi connectivity index (χ3v) is 3.02. The maximum Gasteiger partial charge on any atom is 0.131 e. The van der Waals surface area contributed by atoms with Crippen molar-refractivity contribution in [3.63, 3.8) is 0 Å². The van der Waals surface area contributed by atoms with Crippen LogP contribution in [0.15, 0.2) is 36.7 Å². The summed E-state index contributed by atoms with van der Waals surface area (Å²) < 4.78 is 13.5. The number of hydrogen-bond donors (Lipinski definition) is 2. The molecule has 0 atom stereocenters. The van der Waals surface area contributed by atoms with Crippen LogP contribution in [0.5, 0.6) is 0 Å². The highest BCUT2D eigenvalue weighted by Gasteiger charge is 2.02. The highest BCUT2D eigenvalue weighted by atomic mass is 19.1. The summed E-state index contributed by atoms with van der Waals surface area (Å²) in [7, 11) is 0. The average Bonchev–Trinajstić information content (AvgIpc) is 2.48. The van der Waals surface area contributed by atoms with Crippen molar-refractivity contribution >= 4 is 11.6 Å². The minimum absolute atomic E-state index is 0.165. The zero-order valence-corrected chi connectivity index (χ0v) is 12.4. The Bertz CT molecular complexity index is 572. The summed E-state index contributed by atoms with van der Waals surface area (Å²) in [4.78, 5) is 8.33. The zero-order valence-electron chi connectivity index (χ0n) is 12.4. The molecule has 2 rings (SSSR count). The van der Waals surface area contributed by atoms with Crippen LogP contribution < -0.4 is 10.6 Å². The van der Waals surface area contributed by atoms with Gasteiger partial charge in [-0.05, 0) is 24.0 Å². The molecular formula is C16H21FN4. The fourth-order valence-electron chi connectivity index (χ4n) is 1.89. The second kappa shape index (κ2) is 7.57. The minimum Gasteiger partial charge on any atom is -0.370 e. The van der Waals surface area contributed by atoms with E-state index in [1.807, 2.05) is 12.1 Å². The van der Waals surface area contributed by atoms with Crippen LogP contribution in [0.25, 0.3) is 0 Å². The highest BCUT2D eigenvalue weighted by Crippen LogP contribution is 2.11. The maximum atomic E-state index is 13.5. The molecule has 4 nitrogen and oxygen atoms in total. The molecule has 0 aliphatic heterocycles. The number of nitrogens with one attached hydrogen (secondary N) is 2. The number of benzene rings is 1. The summed E-state index contributed by atoms with van der Waals surface area (Å²) >= 11 is 0. The van der Waals surface area contributed by atoms with Crippen molar-refractivity contribution < 1.29 is 4.39 Å². The van der Waals surface area contributed by atoms with E-state index in [9.17, 15) is 4.39 Å². The number of rotatable bonds is 7. The molecule has 2 aromatic rings. The lowest BCUT2D eigenvalue weighted by Gasteiger charge is -2.10. The molecule has 0 saturated carbocycles. The van der Waals surface area contributed by atoms with E-state index < -0.39 is 0 Å². The van der Waals surface area contributed by atoms with Crippen LogP contribution in [-0.2, 0) is 6.42 Å². The van der Waals surface area contributed by atoms with E-state index in [1.165, 1.54) is 12.4 Å². The van der Waals surface area contributed by atoms with Crippen LogP contribution in [0.4, 0.5) is 16.0 Å². The van der Waals surface area contributed by atoms with Gasteiger partial charge >= 0.3 is 0 Å². The number of hydrogen-bond acceptors (Lipinski definition) is 4. The van der Waals surface area contributed by atoms with Crippen molar-refractivity contribution in [2.24, 2.45) is 5.92 Å². The van der Waals surface area contributed by atoms with Gasteiger partial charge < -0.3 is 10.6 Å². The fourth-order valence-corrected chi connectivity index (χ4v) is 1.89. The van der Waals surface area contributed by atoms with E-state index in [0.29, 0.717) is 24.4 Å². The lowest BCUT2D eigenvalue weighted by Crippen LogP contribution is -2.11. The molecule has 0 radical (unpaired) electrons. The second-order valence-corrected chi connectivity index (χ2v) is 5.33. The van der Waals surface area contributed by atoms with Gasteiger partial charge in [-0.15, -0.1) is 0 Å². The van der Waals surface area contributed by atoms with E-state index in [-0.39, 0.29) is 5.82 Å². The Morgan fingerprint density at radius 1 is 1.10 bits per heavy atom. The lowest BCUT2D eigenvalue weighted by molar-refractivity contribution is 0.610. The third-order valence-electron chi connectivity index (χ3n) is 3.02. The van der Waals surface area contributed by atoms with Crippen molar-refractivity contribution in [3.05, 3.63) is 48.0 Å². The van der Waals surface area contributed by atoms with Crippen LogP contribution in [0.2, 0.25) is 0 Å². The molecule has 0 spiro atoms. The molecular weight excluding hydrogens is 267 g/mol. The molecule has 21 heavy (non-hydrogen) atoms. The van der Waals surface area contributed by atoms with Crippen molar-refractivity contribution in [2.75, 3.05) is 23.7 Å². The standard InChI is InChI=1S/C16H21FN4/c1-12(2)10-19-16-9-15(20-11-21-16)18-8-7-13-5-3-4-6-14(13)17/h3-6,9,11-12H,7-8,10H2,1-2H3,(H2,18,19,20,21). The molecule has 5 heteroatoms. The topological polar surface area (TPSA) is 49.8 Å². The van der Waals surface area contributed by atoms with Crippen LogP contribution in [0.3, 0.4) is 0 Å². The smallest absolute Gasteiger partial charge is 0.131 e.